The number of nitrogens with one attached hydrogen (secondary N) is 1. The molecule has 0 aromatic rings. The first kappa shape index (κ1) is 13.7. The van der Waals surface area contributed by atoms with Gasteiger partial charge in [0.15, 0.2) is 0 Å². The van der Waals surface area contributed by atoms with Gasteiger partial charge in [-0.25, -0.2) is 0 Å². The summed E-state index contributed by atoms with van der Waals surface area (Å²) in [4.78, 5) is 10.9. The van der Waals surface area contributed by atoms with Crippen LogP contribution >= 0.6 is 0 Å². The van der Waals surface area contributed by atoms with Gasteiger partial charge in [-0.15, -0.1) is 0 Å². The fourth-order valence-electron chi connectivity index (χ4n) is 0.447. The van der Waals surface area contributed by atoms with Crippen LogP contribution in [0.15, 0.2) is 12.2 Å². The third-order valence-corrected chi connectivity index (χ3v) is 1.07. The molecule has 0 aromatic carbocycles. The van der Waals surface area contributed by atoms with Crippen LogP contribution < -0.4 is 5.32 Å². The van der Waals surface area contributed by atoms with Crippen LogP contribution in [0.3, 0.4) is 0 Å². The van der Waals surface area contributed by atoms with Crippen LogP contribution in [0.25, 0.3) is 0 Å². The lowest BCUT2D eigenvalue weighted by Crippen LogP contribution is -2.38. The van der Waals surface area contributed by atoms with Gasteiger partial charge in [-0.2, -0.15) is 0 Å². The second kappa shape index (κ2) is 4.93. The van der Waals surface area contributed by atoms with E-state index < -0.39 is 5.60 Å². The van der Waals surface area contributed by atoms with Crippen molar-refractivity contribution in [1.29, 1.82) is 0 Å². The molecule has 1 amide bonds. The molecule has 0 spiro atoms. The Kier molecular flexibility index (Phi) is 5.64. The third kappa shape index (κ3) is 7.28. The summed E-state index contributed by atoms with van der Waals surface area (Å²) in [5.41, 5.74) is -0.403. The highest BCUT2D eigenvalue weighted by Gasteiger charge is 2.13. The van der Waals surface area contributed by atoms with E-state index >= 15 is 0 Å². The van der Waals surface area contributed by atoms with Gasteiger partial charge in [0.1, 0.15) is 0 Å². The Hall–Kier alpha value is -0.830. The maximum Gasteiger partial charge on any atom is 0.246 e. The van der Waals surface area contributed by atoms with Gasteiger partial charge in [0.2, 0.25) is 5.91 Å². The number of carbonyl (C=O) groups excluding carboxylic acids is 1. The standard InChI is InChI=1S/C8H15NO2.CH4/c1-6(2)7(10)9-5-8(3,4)11;/h11H,1,5H2,2-4H3,(H,9,10);1H4. The lowest BCUT2D eigenvalue weighted by Gasteiger charge is -2.17. The van der Waals surface area contributed by atoms with Gasteiger partial charge < -0.3 is 10.4 Å². The number of hydrogen-bond acceptors (Lipinski definition) is 2. The van der Waals surface area contributed by atoms with Crippen molar-refractivity contribution >= 4 is 5.91 Å². The zero-order valence-corrected chi connectivity index (χ0v) is 7.27. The average Bonchev–Trinajstić information content (AvgIpc) is 1.80. The fourth-order valence-corrected chi connectivity index (χ4v) is 0.447. The average molecular weight is 173 g/mol. The van der Waals surface area contributed by atoms with Crippen LogP contribution in [0.5, 0.6) is 0 Å². The molecule has 0 fully saturated rings. The molecule has 72 valence electrons. The fraction of sp³-hybridized carbons (Fsp3) is 0.667. The Bertz CT molecular complexity index is 168. The van der Waals surface area contributed by atoms with Crippen LogP contribution in [-0.4, -0.2) is 23.2 Å². The maximum absolute atomic E-state index is 10.9. The van der Waals surface area contributed by atoms with E-state index in [4.69, 9.17) is 0 Å². The van der Waals surface area contributed by atoms with Crippen molar-refractivity contribution in [3.63, 3.8) is 0 Å². The highest BCUT2D eigenvalue weighted by molar-refractivity contribution is 5.92. The normalized spacial score (nSPS) is 10.0. The van der Waals surface area contributed by atoms with Gasteiger partial charge in [-0.1, -0.05) is 14.0 Å². The minimum Gasteiger partial charge on any atom is -0.389 e. The van der Waals surface area contributed by atoms with Crippen LogP contribution in [0.1, 0.15) is 28.2 Å². The van der Waals surface area contributed by atoms with Gasteiger partial charge in [0.05, 0.1) is 5.60 Å². The summed E-state index contributed by atoms with van der Waals surface area (Å²) in [7, 11) is 0. The first-order valence-corrected chi connectivity index (χ1v) is 3.49. The van der Waals surface area contributed by atoms with E-state index in [1.54, 1.807) is 20.8 Å². The topological polar surface area (TPSA) is 49.3 Å². The summed E-state index contributed by atoms with van der Waals surface area (Å²) in [5, 5.41) is 11.7. The summed E-state index contributed by atoms with van der Waals surface area (Å²) in [5.74, 6) is -0.216. The monoisotopic (exact) mass is 173 g/mol. The van der Waals surface area contributed by atoms with Crippen molar-refractivity contribution in [3.05, 3.63) is 12.2 Å². The Morgan fingerprint density at radius 3 is 2.25 bits per heavy atom. The molecule has 0 heterocycles. The zero-order chi connectivity index (χ0) is 9.07. The first-order valence-electron chi connectivity index (χ1n) is 3.49. The van der Waals surface area contributed by atoms with E-state index in [0.717, 1.165) is 0 Å². The molecule has 0 aromatic heterocycles. The van der Waals surface area contributed by atoms with Gasteiger partial charge in [0, 0.05) is 12.1 Å². The molecule has 0 saturated carbocycles. The predicted octanol–water partition coefficient (Wildman–Crippen LogP) is 1.09. The molecule has 0 atom stereocenters. The largest absolute Gasteiger partial charge is 0.389 e. The van der Waals surface area contributed by atoms with E-state index in [1.807, 2.05) is 0 Å². The van der Waals surface area contributed by atoms with Crippen LogP contribution in [-0.2, 0) is 4.79 Å². The third-order valence-electron chi connectivity index (χ3n) is 1.07. The highest BCUT2D eigenvalue weighted by atomic mass is 16.3. The molecule has 0 aliphatic heterocycles. The van der Waals surface area contributed by atoms with E-state index in [0.29, 0.717) is 5.57 Å². The molecule has 12 heavy (non-hydrogen) atoms. The number of aliphatic hydroxyl groups is 1. The van der Waals surface area contributed by atoms with Crippen molar-refractivity contribution in [2.24, 2.45) is 0 Å². The summed E-state index contributed by atoms with van der Waals surface area (Å²) in [6.45, 7) is 8.60. The summed E-state index contributed by atoms with van der Waals surface area (Å²) < 4.78 is 0. The van der Waals surface area contributed by atoms with Crippen molar-refractivity contribution < 1.29 is 9.90 Å². The predicted molar refractivity (Wildman–Crippen MR) is 50.9 cm³/mol. The number of rotatable bonds is 3. The minimum atomic E-state index is -0.856. The highest BCUT2D eigenvalue weighted by Crippen LogP contribution is 1.97. The summed E-state index contributed by atoms with van der Waals surface area (Å²) in [6, 6.07) is 0. The van der Waals surface area contributed by atoms with Crippen LogP contribution in [0.4, 0.5) is 0 Å². The molecule has 0 bridgehead atoms. The van der Waals surface area contributed by atoms with Crippen molar-refractivity contribution in [1.82, 2.24) is 5.32 Å². The Balaban J connectivity index is 0. The zero-order valence-electron chi connectivity index (χ0n) is 7.27. The lowest BCUT2D eigenvalue weighted by molar-refractivity contribution is -0.118. The minimum absolute atomic E-state index is 0. The van der Waals surface area contributed by atoms with Gasteiger partial charge in [-0.05, 0) is 20.8 Å². The second-order valence-electron chi connectivity index (χ2n) is 3.28. The molecule has 0 unspecified atom stereocenters. The van der Waals surface area contributed by atoms with E-state index in [-0.39, 0.29) is 19.9 Å². The van der Waals surface area contributed by atoms with E-state index in [1.165, 1.54) is 0 Å². The Morgan fingerprint density at radius 2 is 2.00 bits per heavy atom. The maximum atomic E-state index is 10.9. The molecule has 0 aliphatic carbocycles. The SMILES string of the molecule is C.C=C(C)C(=O)NCC(C)(C)O. The quantitative estimate of drug-likeness (QED) is 0.627. The molecule has 0 aliphatic rings. The summed E-state index contributed by atoms with van der Waals surface area (Å²) >= 11 is 0. The van der Waals surface area contributed by atoms with E-state index in [9.17, 15) is 9.90 Å². The molecular formula is C9H19NO2. The molecular weight excluding hydrogens is 154 g/mol. The number of amides is 1. The number of hydrogen-bond donors (Lipinski definition) is 2. The smallest absolute Gasteiger partial charge is 0.246 e. The molecule has 0 saturated heterocycles. The Labute approximate surface area is 74.5 Å². The molecule has 0 rings (SSSR count). The number of carbonyl (C=O) groups is 1. The summed E-state index contributed by atoms with van der Waals surface area (Å²) in [6.07, 6.45) is 0. The molecule has 3 heteroatoms. The molecule has 0 radical (unpaired) electrons. The lowest BCUT2D eigenvalue weighted by atomic mass is 10.1. The van der Waals surface area contributed by atoms with E-state index in [2.05, 4.69) is 11.9 Å². The molecule has 3 nitrogen and oxygen atoms in total. The van der Waals surface area contributed by atoms with Crippen LogP contribution in [0, 0.1) is 0 Å². The first-order chi connectivity index (χ1) is 4.83. The van der Waals surface area contributed by atoms with Gasteiger partial charge in [-0.3, -0.25) is 4.79 Å². The van der Waals surface area contributed by atoms with Crippen molar-refractivity contribution in [3.8, 4) is 0 Å². The second-order valence-corrected chi connectivity index (χ2v) is 3.28. The Morgan fingerprint density at radius 1 is 1.58 bits per heavy atom. The van der Waals surface area contributed by atoms with Crippen molar-refractivity contribution in [2.75, 3.05) is 6.54 Å². The van der Waals surface area contributed by atoms with Crippen LogP contribution in [0.2, 0.25) is 0 Å². The van der Waals surface area contributed by atoms with Crippen molar-refractivity contribution in [2.45, 2.75) is 33.8 Å². The van der Waals surface area contributed by atoms with Gasteiger partial charge >= 0.3 is 0 Å². The van der Waals surface area contributed by atoms with Gasteiger partial charge in [0.25, 0.3) is 0 Å². The molecule has 2 N–H and O–H groups in total.